The number of thiazole rings is 1. The second-order valence-corrected chi connectivity index (χ2v) is 6.80. The van der Waals surface area contributed by atoms with Crippen LogP contribution in [0.5, 0.6) is 0 Å². The Balaban J connectivity index is 2.04. The quantitative estimate of drug-likeness (QED) is 0.636. The van der Waals surface area contributed by atoms with Gasteiger partial charge in [-0.25, -0.2) is 4.98 Å². The molecule has 0 spiro atoms. The zero-order chi connectivity index (χ0) is 15.1. The molecule has 0 unspecified atom stereocenters. The van der Waals surface area contributed by atoms with E-state index in [1.165, 1.54) is 41.4 Å². The molecular weight excluding hydrogens is 282 g/mol. The Morgan fingerprint density at radius 3 is 2.57 bits per heavy atom. The van der Waals surface area contributed by atoms with Gasteiger partial charge in [-0.1, -0.05) is 13.8 Å². The fourth-order valence-electron chi connectivity index (χ4n) is 2.51. The molecule has 0 atom stereocenters. The van der Waals surface area contributed by atoms with Crippen LogP contribution in [0.3, 0.4) is 0 Å². The van der Waals surface area contributed by atoms with Gasteiger partial charge in [0.1, 0.15) is 0 Å². The molecule has 0 saturated heterocycles. The van der Waals surface area contributed by atoms with Crippen molar-refractivity contribution < 1.29 is 4.74 Å². The number of nitrogens with zero attached hydrogens (tertiary/aromatic N) is 2. The van der Waals surface area contributed by atoms with Gasteiger partial charge in [-0.2, -0.15) is 0 Å². The standard InChI is InChI=1S/C16H29N3OS/c1-4-9-19(10-5-2)16-18-15(13-6-7-13)14(21-16)12-17-8-11-20-3/h13,17H,4-12H2,1-3H3. The Labute approximate surface area is 132 Å². The second kappa shape index (κ2) is 8.71. The molecule has 0 radical (unpaired) electrons. The van der Waals surface area contributed by atoms with E-state index in [-0.39, 0.29) is 0 Å². The highest BCUT2D eigenvalue weighted by Crippen LogP contribution is 2.44. The Kier molecular flexibility index (Phi) is 6.93. The lowest BCUT2D eigenvalue weighted by molar-refractivity contribution is 0.199. The molecule has 0 amide bonds. The lowest BCUT2D eigenvalue weighted by Crippen LogP contribution is -2.24. The van der Waals surface area contributed by atoms with Crippen LogP contribution in [0.2, 0.25) is 0 Å². The van der Waals surface area contributed by atoms with E-state index in [9.17, 15) is 0 Å². The summed E-state index contributed by atoms with van der Waals surface area (Å²) >= 11 is 1.89. The van der Waals surface area contributed by atoms with Crippen LogP contribution in [-0.2, 0) is 11.3 Å². The number of nitrogens with one attached hydrogen (secondary N) is 1. The second-order valence-electron chi connectivity index (χ2n) is 5.74. The van der Waals surface area contributed by atoms with Crippen molar-refractivity contribution in [2.45, 2.75) is 52.0 Å². The van der Waals surface area contributed by atoms with Crippen molar-refractivity contribution in [1.82, 2.24) is 10.3 Å². The molecule has 1 fully saturated rings. The molecule has 1 saturated carbocycles. The van der Waals surface area contributed by atoms with Gasteiger partial charge < -0.3 is 15.0 Å². The molecule has 0 aliphatic heterocycles. The number of aromatic nitrogens is 1. The Morgan fingerprint density at radius 1 is 1.29 bits per heavy atom. The van der Waals surface area contributed by atoms with Crippen molar-refractivity contribution in [2.75, 3.05) is 38.3 Å². The maximum absolute atomic E-state index is 5.09. The van der Waals surface area contributed by atoms with Crippen molar-refractivity contribution in [1.29, 1.82) is 0 Å². The molecule has 0 aromatic carbocycles. The molecule has 120 valence electrons. The lowest BCUT2D eigenvalue weighted by atomic mass is 10.2. The summed E-state index contributed by atoms with van der Waals surface area (Å²) in [6, 6.07) is 0. The summed E-state index contributed by atoms with van der Waals surface area (Å²) < 4.78 is 5.09. The first-order valence-corrected chi connectivity index (χ1v) is 9.05. The molecule has 1 aliphatic carbocycles. The fourth-order valence-corrected chi connectivity index (χ4v) is 3.67. The first-order chi connectivity index (χ1) is 10.3. The summed E-state index contributed by atoms with van der Waals surface area (Å²) in [7, 11) is 1.75. The van der Waals surface area contributed by atoms with Crippen molar-refractivity contribution in [3.8, 4) is 0 Å². The van der Waals surface area contributed by atoms with Crippen LogP contribution in [0.25, 0.3) is 0 Å². The molecule has 2 rings (SSSR count). The van der Waals surface area contributed by atoms with Gasteiger partial charge in [0.15, 0.2) is 5.13 Å². The molecule has 21 heavy (non-hydrogen) atoms. The number of hydrogen-bond acceptors (Lipinski definition) is 5. The molecule has 5 heteroatoms. The zero-order valence-electron chi connectivity index (χ0n) is 13.7. The van der Waals surface area contributed by atoms with Crippen molar-refractivity contribution in [3.05, 3.63) is 10.6 Å². The van der Waals surface area contributed by atoms with Gasteiger partial charge in [-0.3, -0.25) is 0 Å². The van der Waals surface area contributed by atoms with Crippen molar-refractivity contribution in [3.63, 3.8) is 0 Å². The smallest absolute Gasteiger partial charge is 0.185 e. The van der Waals surface area contributed by atoms with E-state index in [0.717, 1.165) is 38.7 Å². The predicted molar refractivity (Wildman–Crippen MR) is 90.5 cm³/mol. The minimum Gasteiger partial charge on any atom is -0.383 e. The van der Waals surface area contributed by atoms with Crippen molar-refractivity contribution in [2.24, 2.45) is 0 Å². The number of rotatable bonds is 11. The summed E-state index contributed by atoms with van der Waals surface area (Å²) in [5, 5.41) is 4.69. The molecule has 1 aromatic heterocycles. The lowest BCUT2D eigenvalue weighted by Gasteiger charge is -2.20. The van der Waals surface area contributed by atoms with Crippen molar-refractivity contribution >= 4 is 16.5 Å². The molecule has 1 N–H and O–H groups in total. The summed E-state index contributed by atoms with van der Waals surface area (Å²) in [4.78, 5) is 8.87. The van der Waals surface area contributed by atoms with E-state index in [1.807, 2.05) is 11.3 Å². The van der Waals surface area contributed by atoms with Crippen LogP contribution in [0.4, 0.5) is 5.13 Å². The van der Waals surface area contributed by atoms with Gasteiger partial charge in [0.25, 0.3) is 0 Å². The van der Waals surface area contributed by atoms with E-state index in [4.69, 9.17) is 9.72 Å². The van der Waals surface area contributed by atoms with E-state index in [0.29, 0.717) is 0 Å². The zero-order valence-corrected chi connectivity index (χ0v) is 14.5. The number of ether oxygens (including phenoxy) is 1. The van der Waals surface area contributed by atoms with Gasteiger partial charge >= 0.3 is 0 Å². The fraction of sp³-hybridized carbons (Fsp3) is 0.812. The third-order valence-corrected chi connectivity index (χ3v) is 4.84. The SMILES string of the molecule is CCCN(CCC)c1nc(C2CC2)c(CNCCOC)s1. The highest BCUT2D eigenvalue weighted by molar-refractivity contribution is 7.15. The normalized spacial score (nSPS) is 14.6. The summed E-state index contributed by atoms with van der Waals surface area (Å²) in [5.41, 5.74) is 1.36. The molecule has 0 bridgehead atoms. The Morgan fingerprint density at radius 2 is 2.00 bits per heavy atom. The molecular formula is C16H29N3OS. The largest absolute Gasteiger partial charge is 0.383 e. The number of anilines is 1. The average molecular weight is 311 g/mol. The Bertz CT molecular complexity index is 412. The number of hydrogen-bond donors (Lipinski definition) is 1. The van der Waals surface area contributed by atoms with Gasteiger partial charge in [0.05, 0.1) is 12.3 Å². The third-order valence-electron chi connectivity index (χ3n) is 3.71. The third kappa shape index (κ3) is 4.94. The molecule has 4 nitrogen and oxygen atoms in total. The van der Waals surface area contributed by atoms with Gasteiger partial charge in [0, 0.05) is 44.1 Å². The van der Waals surface area contributed by atoms with E-state index in [1.54, 1.807) is 7.11 Å². The van der Waals surface area contributed by atoms with Gasteiger partial charge in [-0.15, -0.1) is 11.3 Å². The molecule has 1 heterocycles. The van der Waals surface area contributed by atoms with E-state index in [2.05, 4.69) is 24.1 Å². The minimum absolute atomic E-state index is 0.722. The highest BCUT2D eigenvalue weighted by atomic mass is 32.1. The van der Waals surface area contributed by atoms with Gasteiger partial charge in [-0.05, 0) is 25.7 Å². The van der Waals surface area contributed by atoms with Crippen LogP contribution in [0.1, 0.15) is 56.0 Å². The van der Waals surface area contributed by atoms with E-state index < -0.39 is 0 Å². The molecule has 1 aliphatic rings. The minimum atomic E-state index is 0.722. The first-order valence-electron chi connectivity index (χ1n) is 8.24. The first kappa shape index (κ1) is 16.7. The number of methoxy groups -OCH3 is 1. The molecule has 1 aromatic rings. The topological polar surface area (TPSA) is 37.4 Å². The van der Waals surface area contributed by atoms with Crippen LogP contribution in [-0.4, -0.2) is 38.3 Å². The van der Waals surface area contributed by atoms with Crippen LogP contribution >= 0.6 is 11.3 Å². The van der Waals surface area contributed by atoms with Crippen LogP contribution < -0.4 is 10.2 Å². The monoisotopic (exact) mass is 311 g/mol. The maximum atomic E-state index is 5.09. The average Bonchev–Trinajstić information content (AvgIpc) is 3.24. The van der Waals surface area contributed by atoms with E-state index >= 15 is 0 Å². The maximum Gasteiger partial charge on any atom is 0.185 e. The summed E-state index contributed by atoms with van der Waals surface area (Å²) in [6.07, 6.45) is 4.99. The Hall–Kier alpha value is -0.650. The van der Waals surface area contributed by atoms with Gasteiger partial charge in [0.2, 0.25) is 0 Å². The van der Waals surface area contributed by atoms with Crippen LogP contribution in [0.15, 0.2) is 0 Å². The van der Waals surface area contributed by atoms with Crippen LogP contribution in [0, 0.1) is 0 Å². The highest BCUT2D eigenvalue weighted by Gasteiger charge is 2.30. The summed E-state index contributed by atoms with van der Waals surface area (Å²) in [6.45, 7) is 9.31. The summed E-state index contributed by atoms with van der Waals surface area (Å²) in [5.74, 6) is 0.722. The predicted octanol–water partition coefficient (Wildman–Crippen LogP) is 3.38.